The lowest BCUT2D eigenvalue weighted by atomic mass is 10.1. The monoisotopic (exact) mass is 659 g/mol. The molecule has 0 amide bonds. The highest BCUT2D eigenvalue weighted by Gasteiger charge is 2.18. The first-order chi connectivity index (χ1) is 18.3. The van der Waals surface area contributed by atoms with Crippen LogP contribution in [0.5, 0.6) is 11.5 Å². The Morgan fingerprint density at radius 2 is 1.92 bits per heavy atom. The first-order valence-electron chi connectivity index (χ1n) is 12.4. The summed E-state index contributed by atoms with van der Waals surface area (Å²) in [4.78, 5) is 18.1. The average Bonchev–Trinajstić information content (AvgIpc) is 2.90. The number of benzene rings is 3. The summed E-state index contributed by atoms with van der Waals surface area (Å²) in [5, 5.41) is 5.42. The van der Waals surface area contributed by atoms with Crippen molar-refractivity contribution in [1.82, 2.24) is 9.66 Å². The van der Waals surface area contributed by atoms with Gasteiger partial charge in [-0.3, -0.25) is 4.79 Å². The van der Waals surface area contributed by atoms with Crippen LogP contribution in [-0.2, 0) is 13.0 Å². The van der Waals surface area contributed by atoms with Crippen molar-refractivity contribution in [3.63, 3.8) is 0 Å². The molecule has 1 heterocycles. The van der Waals surface area contributed by atoms with Crippen molar-refractivity contribution in [2.75, 3.05) is 6.61 Å². The van der Waals surface area contributed by atoms with Crippen LogP contribution in [0.2, 0.25) is 5.02 Å². The molecule has 0 aliphatic rings. The molecule has 0 saturated heterocycles. The summed E-state index contributed by atoms with van der Waals surface area (Å²) in [6.07, 6.45) is 4.08. The second-order valence-corrected chi connectivity index (χ2v) is 10.9. The molecule has 0 fully saturated rings. The number of aromatic nitrogens is 2. The molecule has 0 aliphatic carbocycles. The zero-order valence-corrected chi connectivity index (χ0v) is 25.4. The van der Waals surface area contributed by atoms with Crippen LogP contribution in [0.3, 0.4) is 0 Å². The Bertz CT molecular complexity index is 1550. The van der Waals surface area contributed by atoms with Crippen molar-refractivity contribution >= 4 is 60.6 Å². The van der Waals surface area contributed by atoms with E-state index < -0.39 is 0 Å². The van der Waals surface area contributed by atoms with Crippen LogP contribution in [0.4, 0.5) is 0 Å². The molecule has 0 spiro atoms. The molecule has 0 bridgehead atoms. The zero-order valence-electron chi connectivity index (χ0n) is 21.4. The van der Waals surface area contributed by atoms with E-state index in [-0.39, 0.29) is 5.56 Å². The molecule has 9 heteroatoms. The minimum absolute atomic E-state index is 0.232. The number of nitrogens with zero attached hydrogens (tertiary/aromatic N) is 3. The number of halogens is 3. The standard InChI is InChI=1S/C29H28Br2ClN3O3/c1-4-6-10-25-34-23-12-11-21(30)15-22(23)29(36)35(25)33-16-20-14-24(37-5-2)28(27(32)26(20)31)38-17-19-9-7-8-18(3)13-19/h7-9,11-16H,4-6,10,17H2,1-3H3. The van der Waals surface area contributed by atoms with Crippen LogP contribution in [0.15, 0.2) is 67.4 Å². The number of rotatable bonds is 10. The molecule has 4 aromatic rings. The number of unbranched alkanes of at least 4 members (excludes halogenated alkanes) is 1. The van der Waals surface area contributed by atoms with Gasteiger partial charge in [-0.25, -0.2) is 4.98 Å². The maximum Gasteiger partial charge on any atom is 0.282 e. The van der Waals surface area contributed by atoms with E-state index in [0.29, 0.717) is 62.9 Å². The number of ether oxygens (including phenoxy) is 2. The number of fused-ring (bicyclic) bond motifs is 1. The number of hydrogen-bond acceptors (Lipinski definition) is 5. The largest absolute Gasteiger partial charge is 0.490 e. The van der Waals surface area contributed by atoms with E-state index in [1.54, 1.807) is 18.3 Å². The molecular formula is C29H28Br2ClN3O3. The van der Waals surface area contributed by atoms with Crippen molar-refractivity contribution in [2.45, 2.75) is 46.6 Å². The van der Waals surface area contributed by atoms with Crippen molar-refractivity contribution in [3.8, 4) is 11.5 Å². The molecule has 0 atom stereocenters. The van der Waals surface area contributed by atoms with E-state index in [2.05, 4.69) is 50.0 Å². The smallest absolute Gasteiger partial charge is 0.282 e. The van der Waals surface area contributed by atoms with Gasteiger partial charge < -0.3 is 9.47 Å². The summed E-state index contributed by atoms with van der Waals surface area (Å²) in [6, 6.07) is 15.4. The third-order valence-corrected chi connectivity index (χ3v) is 7.80. The average molecular weight is 662 g/mol. The van der Waals surface area contributed by atoms with Gasteiger partial charge in [-0.1, -0.05) is 70.7 Å². The molecule has 4 rings (SSSR count). The highest BCUT2D eigenvalue weighted by molar-refractivity contribution is 9.10. The van der Waals surface area contributed by atoms with Gasteiger partial charge in [0.2, 0.25) is 0 Å². The lowest BCUT2D eigenvalue weighted by Gasteiger charge is -2.16. The molecule has 1 aromatic heterocycles. The Labute approximate surface area is 243 Å². The van der Waals surface area contributed by atoms with Crippen LogP contribution < -0.4 is 15.0 Å². The van der Waals surface area contributed by atoms with Crippen molar-refractivity contribution in [3.05, 3.63) is 95.4 Å². The predicted octanol–water partition coefficient (Wildman–Crippen LogP) is 8.09. The molecular weight excluding hydrogens is 634 g/mol. The lowest BCUT2D eigenvalue weighted by molar-refractivity contribution is 0.269. The maximum atomic E-state index is 13.4. The van der Waals surface area contributed by atoms with E-state index in [4.69, 9.17) is 26.1 Å². The fourth-order valence-electron chi connectivity index (χ4n) is 3.98. The van der Waals surface area contributed by atoms with Crippen LogP contribution in [0.25, 0.3) is 10.9 Å². The van der Waals surface area contributed by atoms with Crippen molar-refractivity contribution < 1.29 is 9.47 Å². The SMILES string of the molecule is CCCCc1nc2ccc(Br)cc2c(=O)n1N=Cc1cc(OCC)c(OCc2cccc(C)c2)c(Cl)c1Br. The Balaban J connectivity index is 1.74. The van der Waals surface area contributed by atoms with Gasteiger partial charge in [0.15, 0.2) is 11.5 Å². The molecule has 0 N–H and O–H groups in total. The van der Waals surface area contributed by atoms with Gasteiger partial charge in [-0.05, 0) is 66.0 Å². The first-order valence-corrected chi connectivity index (χ1v) is 14.4. The molecule has 0 aliphatic heterocycles. The highest BCUT2D eigenvalue weighted by atomic mass is 79.9. The summed E-state index contributed by atoms with van der Waals surface area (Å²) in [6.45, 7) is 6.80. The molecule has 38 heavy (non-hydrogen) atoms. The summed E-state index contributed by atoms with van der Waals surface area (Å²) in [5.41, 5.74) is 3.24. The summed E-state index contributed by atoms with van der Waals surface area (Å²) < 4.78 is 14.7. The van der Waals surface area contributed by atoms with Crippen molar-refractivity contribution in [1.29, 1.82) is 0 Å². The number of aryl methyl sites for hydroxylation is 2. The summed E-state index contributed by atoms with van der Waals surface area (Å²) in [7, 11) is 0. The number of hydrogen-bond donors (Lipinski definition) is 0. The summed E-state index contributed by atoms with van der Waals surface area (Å²) in [5.74, 6) is 1.54. The first kappa shape index (κ1) is 28.3. The maximum absolute atomic E-state index is 13.4. The zero-order chi connectivity index (χ0) is 27.2. The van der Waals surface area contributed by atoms with E-state index >= 15 is 0 Å². The molecule has 6 nitrogen and oxygen atoms in total. The topological polar surface area (TPSA) is 65.7 Å². The third kappa shape index (κ3) is 6.47. The van der Waals surface area contributed by atoms with Gasteiger partial charge in [0.1, 0.15) is 17.5 Å². The van der Waals surface area contributed by atoms with E-state index in [1.165, 1.54) is 4.68 Å². The van der Waals surface area contributed by atoms with Crippen LogP contribution in [0, 0.1) is 6.92 Å². The van der Waals surface area contributed by atoms with Gasteiger partial charge in [0.25, 0.3) is 5.56 Å². The van der Waals surface area contributed by atoms with Crippen LogP contribution in [0.1, 0.15) is 49.2 Å². The van der Waals surface area contributed by atoms with Gasteiger partial charge in [0.05, 0.1) is 23.7 Å². The Morgan fingerprint density at radius 3 is 2.66 bits per heavy atom. The van der Waals surface area contributed by atoms with Gasteiger partial charge in [-0.2, -0.15) is 9.78 Å². The summed E-state index contributed by atoms with van der Waals surface area (Å²) >= 11 is 13.8. The Kier molecular flexibility index (Phi) is 9.63. The molecule has 198 valence electrons. The molecule has 3 aromatic carbocycles. The van der Waals surface area contributed by atoms with Crippen LogP contribution in [-0.4, -0.2) is 22.5 Å². The van der Waals surface area contributed by atoms with Crippen molar-refractivity contribution in [2.24, 2.45) is 5.10 Å². The molecule has 0 unspecified atom stereocenters. The second kappa shape index (κ2) is 12.9. The predicted molar refractivity (Wildman–Crippen MR) is 161 cm³/mol. The minimum Gasteiger partial charge on any atom is -0.490 e. The highest BCUT2D eigenvalue weighted by Crippen LogP contribution is 2.42. The van der Waals surface area contributed by atoms with Gasteiger partial charge >= 0.3 is 0 Å². The second-order valence-electron chi connectivity index (χ2n) is 8.79. The Hall–Kier alpha value is -2.68. The third-order valence-electron chi connectivity index (χ3n) is 5.86. The molecule has 0 radical (unpaired) electrons. The fraction of sp³-hybridized carbons (Fsp3) is 0.276. The lowest BCUT2D eigenvalue weighted by Crippen LogP contribution is -2.22. The fourth-order valence-corrected chi connectivity index (χ4v) is 5.00. The molecule has 0 saturated carbocycles. The van der Waals surface area contributed by atoms with Gasteiger partial charge in [0, 0.05) is 20.9 Å². The Morgan fingerprint density at radius 1 is 1.11 bits per heavy atom. The quantitative estimate of drug-likeness (QED) is 0.161. The normalized spacial score (nSPS) is 11.4. The van der Waals surface area contributed by atoms with Gasteiger partial charge in [-0.15, -0.1) is 0 Å². The van der Waals surface area contributed by atoms with E-state index in [1.807, 2.05) is 44.2 Å². The van der Waals surface area contributed by atoms with Crippen LogP contribution >= 0.6 is 43.5 Å². The van der Waals surface area contributed by atoms with E-state index in [9.17, 15) is 4.79 Å². The van der Waals surface area contributed by atoms with E-state index in [0.717, 1.165) is 28.4 Å². The minimum atomic E-state index is -0.232.